The Hall–Kier alpha value is -4.52. The molecule has 1 amide bonds. The molecule has 4 aliphatic rings. The summed E-state index contributed by atoms with van der Waals surface area (Å²) in [4.78, 5) is 93.7. The standard InChI is InChI=1S/C36H50FN3O15/c1-22-17-26-25-11-10-23-18-24(41)12-13-33(23,2)35(25,37)28(42)20-34(26,3)36(22,47)29(43)21-53-31(45)19-27(32(46)52-14-7-8-16-55-40(50)51)38-30(44)9-5-4-6-15-54-39(48)49/h12-13,18,22,25-28,42,47H,4-11,14-17,19-21H2,1-3H3,(H,38,44)/t22-,25+,26+,27?,28+,33+,34+,35+,36+/m1/s1. The minimum Gasteiger partial charge on any atom is -0.464 e. The first kappa shape index (κ1) is 43.2. The number of fused-ring (bicyclic) bond motifs is 5. The monoisotopic (exact) mass is 783 g/mol. The lowest BCUT2D eigenvalue weighted by atomic mass is 9.44. The highest BCUT2D eigenvalue weighted by molar-refractivity contribution is 6.01. The Morgan fingerprint density at radius 3 is 2.29 bits per heavy atom. The van der Waals surface area contributed by atoms with Crippen molar-refractivity contribution in [3.63, 3.8) is 0 Å². The van der Waals surface area contributed by atoms with E-state index >= 15 is 4.39 Å². The van der Waals surface area contributed by atoms with Crippen molar-refractivity contribution in [3.8, 4) is 0 Å². The lowest BCUT2D eigenvalue weighted by Crippen LogP contribution is -2.69. The molecule has 0 bridgehead atoms. The van der Waals surface area contributed by atoms with Crippen LogP contribution in [0.15, 0.2) is 23.8 Å². The van der Waals surface area contributed by atoms with E-state index in [4.69, 9.17) is 9.47 Å². The molecule has 9 atom stereocenters. The van der Waals surface area contributed by atoms with Gasteiger partial charge >= 0.3 is 11.9 Å². The van der Waals surface area contributed by atoms with Crippen LogP contribution >= 0.6 is 0 Å². The lowest BCUT2D eigenvalue weighted by molar-refractivity contribution is -0.757. The van der Waals surface area contributed by atoms with Gasteiger partial charge in [-0.3, -0.25) is 19.2 Å². The predicted molar refractivity (Wildman–Crippen MR) is 185 cm³/mol. The third-order valence-electron chi connectivity index (χ3n) is 12.2. The molecule has 0 spiro atoms. The topological polar surface area (TPSA) is 261 Å². The van der Waals surface area contributed by atoms with E-state index < -0.39 is 98.8 Å². The molecule has 0 radical (unpaired) electrons. The van der Waals surface area contributed by atoms with Gasteiger partial charge in [0.25, 0.3) is 10.2 Å². The van der Waals surface area contributed by atoms with Gasteiger partial charge in [0.05, 0.1) is 32.3 Å². The van der Waals surface area contributed by atoms with Crippen LogP contribution in [0, 0.1) is 48.8 Å². The molecule has 0 aliphatic heterocycles. The first-order valence-electron chi connectivity index (χ1n) is 18.5. The molecular formula is C36H50FN3O15. The van der Waals surface area contributed by atoms with Crippen LogP contribution in [0.2, 0.25) is 0 Å². The summed E-state index contributed by atoms with van der Waals surface area (Å²) in [6.45, 7) is 3.39. The minimum absolute atomic E-state index is 0.114. The number of alkyl halides is 1. The van der Waals surface area contributed by atoms with Crippen molar-refractivity contribution in [3.05, 3.63) is 44.0 Å². The molecule has 306 valence electrons. The zero-order valence-electron chi connectivity index (χ0n) is 31.2. The summed E-state index contributed by atoms with van der Waals surface area (Å²) >= 11 is 0. The maximum Gasteiger partial charge on any atom is 0.329 e. The number of hydrogen-bond acceptors (Lipinski definition) is 15. The van der Waals surface area contributed by atoms with Crippen molar-refractivity contribution < 1.29 is 67.9 Å². The van der Waals surface area contributed by atoms with Crippen LogP contribution in [-0.4, -0.2) is 99.6 Å². The highest BCUT2D eigenvalue weighted by Gasteiger charge is 2.75. The molecule has 18 nitrogen and oxygen atoms in total. The van der Waals surface area contributed by atoms with E-state index in [0.717, 1.165) is 0 Å². The minimum atomic E-state index is -2.18. The van der Waals surface area contributed by atoms with Crippen molar-refractivity contribution in [2.24, 2.45) is 28.6 Å². The van der Waals surface area contributed by atoms with E-state index in [1.807, 2.05) is 0 Å². The van der Waals surface area contributed by atoms with Gasteiger partial charge in [0, 0.05) is 23.2 Å². The predicted octanol–water partition coefficient (Wildman–Crippen LogP) is 2.62. The van der Waals surface area contributed by atoms with Crippen LogP contribution in [0.25, 0.3) is 0 Å². The smallest absolute Gasteiger partial charge is 0.329 e. The van der Waals surface area contributed by atoms with Crippen LogP contribution in [0.1, 0.15) is 91.4 Å². The molecule has 4 aliphatic carbocycles. The van der Waals surface area contributed by atoms with Gasteiger partial charge in [-0.1, -0.05) is 31.9 Å². The van der Waals surface area contributed by atoms with Gasteiger partial charge in [0.1, 0.15) is 11.6 Å². The second-order valence-electron chi connectivity index (χ2n) is 15.4. The Morgan fingerprint density at radius 1 is 1.00 bits per heavy atom. The first-order valence-corrected chi connectivity index (χ1v) is 18.5. The van der Waals surface area contributed by atoms with Gasteiger partial charge in [0.2, 0.25) is 11.7 Å². The highest BCUT2D eigenvalue weighted by atomic mass is 19.1. The Balaban J connectivity index is 1.40. The SMILES string of the molecule is C[C@@H]1C[C@H]2[C@@H]3CCC4=CC(=O)C=C[C@]4(C)[C@@]3(F)[C@@H](O)C[C@]2(C)[C@@]1(O)C(=O)COC(=O)CC(NC(=O)CCCCCO[N+](=O)[O-])C(=O)OCCCCO[N+](=O)[O-]. The van der Waals surface area contributed by atoms with E-state index in [2.05, 4.69) is 15.0 Å². The number of amides is 1. The summed E-state index contributed by atoms with van der Waals surface area (Å²) in [6.07, 6.45) is 3.65. The fourth-order valence-electron chi connectivity index (χ4n) is 9.40. The van der Waals surface area contributed by atoms with E-state index in [0.29, 0.717) is 18.4 Å². The van der Waals surface area contributed by atoms with Crippen molar-refractivity contribution in [1.82, 2.24) is 5.32 Å². The van der Waals surface area contributed by atoms with Crippen molar-refractivity contribution in [1.29, 1.82) is 0 Å². The number of aliphatic hydroxyl groups is 2. The molecule has 0 heterocycles. The van der Waals surface area contributed by atoms with Gasteiger partial charge in [0.15, 0.2) is 18.1 Å². The average molecular weight is 784 g/mol. The number of halogens is 1. The second kappa shape index (κ2) is 17.5. The zero-order chi connectivity index (χ0) is 40.8. The summed E-state index contributed by atoms with van der Waals surface area (Å²) in [7, 11) is 0. The molecule has 4 rings (SSSR count). The quantitative estimate of drug-likeness (QED) is 0.0694. The van der Waals surface area contributed by atoms with Gasteiger partial charge in [-0.05, 0) is 82.3 Å². The normalized spacial score (nSPS) is 32.5. The van der Waals surface area contributed by atoms with E-state index in [9.17, 15) is 54.4 Å². The Bertz CT molecular complexity index is 1590. The van der Waals surface area contributed by atoms with Crippen LogP contribution in [0.4, 0.5) is 4.39 Å². The number of hydrogen-bond donors (Lipinski definition) is 3. The average Bonchev–Trinajstić information content (AvgIpc) is 3.31. The van der Waals surface area contributed by atoms with Gasteiger partial charge in [-0.2, -0.15) is 0 Å². The Morgan fingerprint density at radius 2 is 1.64 bits per heavy atom. The summed E-state index contributed by atoms with van der Waals surface area (Å²) in [5.41, 5.74) is -6.30. The third kappa shape index (κ3) is 8.82. The van der Waals surface area contributed by atoms with Crippen molar-refractivity contribution in [2.45, 2.75) is 115 Å². The van der Waals surface area contributed by atoms with Crippen LogP contribution in [-0.2, 0) is 43.1 Å². The second-order valence-corrected chi connectivity index (χ2v) is 15.4. The highest BCUT2D eigenvalue weighted by Crippen LogP contribution is 2.70. The summed E-state index contributed by atoms with van der Waals surface area (Å²) < 4.78 is 27.9. The van der Waals surface area contributed by atoms with Crippen LogP contribution < -0.4 is 5.32 Å². The Labute approximate surface area is 316 Å². The number of Topliss-reactive ketones (excluding diaryl/α,β-unsaturated/α-hetero) is 1. The molecule has 19 heteroatoms. The number of rotatable bonds is 20. The molecular weight excluding hydrogens is 733 g/mol. The maximum atomic E-state index is 17.5. The number of nitrogens with one attached hydrogen (secondary N) is 1. The van der Waals surface area contributed by atoms with Crippen LogP contribution in [0.5, 0.6) is 0 Å². The number of unbranched alkanes of at least 4 members (excludes halogenated alkanes) is 3. The summed E-state index contributed by atoms with van der Waals surface area (Å²) in [5, 5.41) is 44.8. The van der Waals surface area contributed by atoms with Gasteiger partial charge in [-0.25, -0.2) is 9.18 Å². The summed E-state index contributed by atoms with van der Waals surface area (Å²) in [5.74, 6) is -5.93. The molecule has 0 aromatic carbocycles. The number of ketones is 2. The van der Waals surface area contributed by atoms with Gasteiger partial charge < -0.3 is 34.7 Å². The maximum absolute atomic E-state index is 17.5. The van der Waals surface area contributed by atoms with E-state index in [1.54, 1.807) is 20.8 Å². The number of nitrogens with zero attached hydrogens (tertiary/aromatic N) is 2. The van der Waals surface area contributed by atoms with Gasteiger partial charge in [-0.15, -0.1) is 20.2 Å². The van der Waals surface area contributed by atoms with E-state index in [1.165, 1.54) is 18.2 Å². The fraction of sp³-hybridized carbons (Fsp3) is 0.750. The first-order chi connectivity index (χ1) is 25.8. The fourth-order valence-corrected chi connectivity index (χ4v) is 9.40. The number of carbonyl (C=O) groups is 5. The molecule has 55 heavy (non-hydrogen) atoms. The molecule has 3 N–H and O–H groups in total. The number of allylic oxidation sites excluding steroid dienone is 4. The van der Waals surface area contributed by atoms with E-state index in [-0.39, 0.29) is 77.0 Å². The third-order valence-corrected chi connectivity index (χ3v) is 12.2. The molecule has 0 aromatic heterocycles. The van der Waals surface area contributed by atoms with Crippen molar-refractivity contribution in [2.75, 3.05) is 26.4 Å². The molecule has 3 fully saturated rings. The lowest BCUT2D eigenvalue weighted by Gasteiger charge is -2.62. The largest absolute Gasteiger partial charge is 0.464 e. The molecule has 3 saturated carbocycles. The number of aliphatic hydroxyl groups excluding tert-OH is 1. The molecule has 0 aromatic rings. The van der Waals surface area contributed by atoms with Crippen LogP contribution in [0.3, 0.4) is 0 Å². The number of ether oxygens (including phenoxy) is 2. The molecule has 1 unspecified atom stereocenters. The van der Waals surface area contributed by atoms with Crippen molar-refractivity contribution >= 4 is 29.4 Å². The number of esters is 2. The summed E-state index contributed by atoms with van der Waals surface area (Å²) in [6, 6.07) is -1.56. The number of carbonyl (C=O) groups excluding carboxylic acids is 5. The Kier molecular flexibility index (Phi) is 13.8. The molecule has 0 saturated heterocycles. The zero-order valence-corrected chi connectivity index (χ0v) is 31.2.